The standard InChI is InChI=1S/C14H21BrN4O2/c1-14(13(20)18-2,19-3-5-21-6-4-19)9-7-10(15)12(17)11(16)8-9/h7-8H,3-6,16-17H2,1-2H3,(H,18,20). The van der Waals surface area contributed by atoms with Crippen LogP contribution < -0.4 is 16.8 Å². The number of benzene rings is 1. The van der Waals surface area contributed by atoms with Gasteiger partial charge in [0.1, 0.15) is 5.54 Å². The molecule has 0 spiro atoms. The molecule has 1 heterocycles. The zero-order chi connectivity index (χ0) is 15.6. The number of hydrogen-bond acceptors (Lipinski definition) is 5. The minimum absolute atomic E-state index is 0.0829. The van der Waals surface area contributed by atoms with Crippen LogP contribution in [0.1, 0.15) is 12.5 Å². The summed E-state index contributed by atoms with van der Waals surface area (Å²) in [6, 6.07) is 3.63. The monoisotopic (exact) mass is 356 g/mol. The van der Waals surface area contributed by atoms with Gasteiger partial charge in [0.2, 0.25) is 5.91 Å². The average Bonchev–Trinajstić information content (AvgIpc) is 2.51. The van der Waals surface area contributed by atoms with Gasteiger partial charge in [-0.2, -0.15) is 0 Å². The number of nitrogen functional groups attached to an aromatic ring is 2. The highest BCUT2D eigenvalue weighted by molar-refractivity contribution is 9.10. The van der Waals surface area contributed by atoms with E-state index in [9.17, 15) is 4.79 Å². The van der Waals surface area contributed by atoms with Crippen LogP contribution in [0.5, 0.6) is 0 Å². The van der Waals surface area contributed by atoms with E-state index in [-0.39, 0.29) is 5.91 Å². The Morgan fingerprint density at radius 3 is 2.52 bits per heavy atom. The van der Waals surface area contributed by atoms with Gasteiger partial charge in [-0.3, -0.25) is 9.69 Å². The second-order valence-electron chi connectivity index (χ2n) is 5.21. The van der Waals surface area contributed by atoms with Crippen molar-refractivity contribution in [1.29, 1.82) is 0 Å². The predicted octanol–water partition coefficient (Wildman–Crippen LogP) is 0.907. The number of nitrogens with two attached hydrogens (primary N) is 2. The highest BCUT2D eigenvalue weighted by Crippen LogP contribution is 2.36. The number of morpholine rings is 1. The van der Waals surface area contributed by atoms with Crippen LogP contribution in [-0.2, 0) is 15.1 Å². The molecule has 1 aromatic carbocycles. The third kappa shape index (κ3) is 2.86. The van der Waals surface area contributed by atoms with E-state index in [1.807, 2.05) is 13.0 Å². The van der Waals surface area contributed by atoms with E-state index >= 15 is 0 Å². The quantitative estimate of drug-likeness (QED) is 0.699. The first-order valence-electron chi connectivity index (χ1n) is 6.81. The van der Waals surface area contributed by atoms with Gasteiger partial charge in [0, 0.05) is 24.6 Å². The molecule has 116 valence electrons. The van der Waals surface area contributed by atoms with Crippen molar-refractivity contribution in [3.63, 3.8) is 0 Å². The second kappa shape index (κ2) is 6.21. The van der Waals surface area contributed by atoms with Crippen molar-refractivity contribution in [3.05, 3.63) is 22.2 Å². The highest BCUT2D eigenvalue weighted by atomic mass is 79.9. The van der Waals surface area contributed by atoms with Gasteiger partial charge in [0.05, 0.1) is 24.6 Å². The van der Waals surface area contributed by atoms with Crippen molar-refractivity contribution < 1.29 is 9.53 Å². The summed E-state index contributed by atoms with van der Waals surface area (Å²) in [5.74, 6) is -0.0829. The number of halogens is 1. The summed E-state index contributed by atoms with van der Waals surface area (Å²) in [4.78, 5) is 14.7. The van der Waals surface area contributed by atoms with E-state index in [0.29, 0.717) is 42.2 Å². The number of nitrogens with zero attached hydrogens (tertiary/aromatic N) is 1. The molecule has 2 rings (SSSR count). The van der Waals surface area contributed by atoms with Crippen LogP contribution >= 0.6 is 15.9 Å². The summed E-state index contributed by atoms with van der Waals surface area (Å²) >= 11 is 3.40. The van der Waals surface area contributed by atoms with Gasteiger partial charge < -0.3 is 21.5 Å². The number of carbonyl (C=O) groups is 1. The molecule has 1 amide bonds. The topological polar surface area (TPSA) is 93.6 Å². The fourth-order valence-corrected chi connectivity index (χ4v) is 3.11. The summed E-state index contributed by atoms with van der Waals surface area (Å²) in [5, 5.41) is 2.75. The highest BCUT2D eigenvalue weighted by Gasteiger charge is 2.41. The molecule has 0 saturated carbocycles. The number of likely N-dealkylation sites (N-methyl/N-ethyl adjacent to an activating group) is 1. The van der Waals surface area contributed by atoms with E-state index in [1.165, 1.54) is 0 Å². The van der Waals surface area contributed by atoms with Crippen LogP contribution in [0.3, 0.4) is 0 Å². The van der Waals surface area contributed by atoms with E-state index < -0.39 is 5.54 Å². The summed E-state index contributed by atoms with van der Waals surface area (Å²) < 4.78 is 6.08. The summed E-state index contributed by atoms with van der Waals surface area (Å²) in [7, 11) is 1.64. The van der Waals surface area contributed by atoms with Crippen molar-refractivity contribution >= 4 is 33.2 Å². The first-order chi connectivity index (χ1) is 9.91. The van der Waals surface area contributed by atoms with Crippen molar-refractivity contribution in [3.8, 4) is 0 Å². The molecule has 0 bridgehead atoms. The number of nitrogens with one attached hydrogen (secondary N) is 1. The zero-order valence-electron chi connectivity index (χ0n) is 12.3. The molecule has 21 heavy (non-hydrogen) atoms. The lowest BCUT2D eigenvalue weighted by Gasteiger charge is -2.42. The van der Waals surface area contributed by atoms with E-state index in [2.05, 4.69) is 26.1 Å². The van der Waals surface area contributed by atoms with E-state index in [4.69, 9.17) is 16.2 Å². The molecule has 1 saturated heterocycles. The Morgan fingerprint density at radius 1 is 1.38 bits per heavy atom. The molecule has 6 nitrogen and oxygen atoms in total. The largest absolute Gasteiger partial charge is 0.397 e. The Balaban J connectivity index is 2.51. The minimum Gasteiger partial charge on any atom is -0.397 e. The first-order valence-corrected chi connectivity index (χ1v) is 7.60. The molecule has 1 atom stereocenters. The van der Waals surface area contributed by atoms with Crippen LogP contribution in [0.15, 0.2) is 16.6 Å². The van der Waals surface area contributed by atoms with Crippen molar-refractivity contribution in [2.75, 3.05) is 44.8 Å². The van der Waals surface area contributed by atoms with Gasteiger partial charge in [0.25, 0.3) is 0 Å². The molecule has 7 heteroatoms. The van der Waals surface area contributed by atoms with Crippen molar-refractivity contribution in [1.82, 2.24) is 10.2 Å². The van der Waals surface area contributed by atoms with Crippen LogP contribution in [0, 0.1) is 0 Å². The van der Waals surface area contributed by atoms with Crippen LogP contribution in [0.4, 0.5) is 11.4 Å². The Labute approximate surface area is 132 Å². The van der Waals surface area contributed by atoms with Gasteiger partial charge in [0.15, 0.2) is 0 Å². The van der Waals surface area contributed by atoms with Gasteiger partial charge in [-0.25, -0.2) is 0 Å². The van der Waals surface area contributed by atoms with E-state index in [0.717, 1.165) is 5.56 Å². The fraction of sp³-hybridized carbons (Fsp3) is 0.500. The Bertz CT molecular complexity index is 523. The van der Waals surface area contributed by atoms with Crippen molar-refractivity contribution in [2.45, 2.75) is 12.5 Å². The summed E-state index contributed by atoms with van der Waals surface area (Å²) in [6.45, 7) is 4.49. The molecule has 1 aliphatic rings. The molecular weight excluding hydrogens is 336 g/mol. The fourth-order valence-electron chi connectivity index (χ4n) is 2.63. The molecule has 1 unspecified atom stereocenters. The normalized spacial score (nSPS) is 19.0. The minimum atomic E-state index is -0.817. The Morgan fingerprint density at radius 2 is 2.00 bits per heavy atom. The maximum absolute atomic E-state index is 12.6. The lowest BCUT2D eigenvalue weighted by atomic mass is 9.88. The number of amides is 1. The van der Waals surface area contributed by atoms with Gasteiger partial charge in [-0.05, 0) is 40.5 Å². The maximum atomic E-state index is 12.6. The molecule has 0 aliphatic carbocycles. The molecule has 1 aromatic rings. The smallest absolute Gasteiger partial charge is 0.244 e. The third-order valence-corrected chi connectivity index (χ3v) is 4.69. The molecule has 1 aliphatic heterocycles. The number of hydrogen-bond donors (Lipinski definition) is 3. The lowest BCUT2D eigenvalue weighted by molar-refractivity contribution is -0.136. The molecule has 0 radical (unpaired) electrons. The second-order valence-corrected chi connectivity index (χ2v) is 6.07. The predicted molar refractivity (Wildman–Crippen MR) is 86.8 cm³/mol. The van der Waals surface area contributed by atoms with E-state index in [1.54, 1.807) is 13.1 Å². The Hall–Kier alpha value is -1.31. The molecule has 0 aromatic heterocycles. The maximum Gasteiger partial charge on any atom is 0.244 e. The first kappa shape index (κ1) is 16.1. The SMILES string of the molecule is CNC(=O)C(C)(c1cc(N)c(N)c(Br)c1)N1CCOCC1. The van der Waals surface area contributed by atoms with Crippen molar-refractivity contribution in [2.24, 2.45) is 0 Å². The molecule has 5 N–H and O–H groups in total. The number of anilines is 2. The average molecular weight is 357 g/mol. The van der Waals surface area contributed by atoms with Gasteiger partial charge in [-0.15, -0.1) is 0 Å². The van der Waals surface area contributed by atoms with Crippen LogP contribution in [0.25, 0.3) is 0 Å². The number of ether oxygens (including phenoxy) is 1. The number of rotatable bonds is 3. The number of carbonyl (C=O) groups excluding carboxylic acids is 1. The van der Waals surface area contributed by atoms with Gasteiger partial charge >= 0.3 is 0 Å². The van der Waals surface area contributed by atoms with Gasteiger partial charge in [-0.1, -0.05) is 0 Å². The zero-order valence-corrected chi connectivity index (χ0v) is 13.9. The summed E-state index contributed by atoms with van der Waals surface area (Å²) in [5.41, 5.74) is 12.8. The Kier molecular flexibility index (Phi) is 4.75. The summed E-state index contributed by atoms with van der Waals surface area (Å²) in [6.07, 6.45) is 0. The third-order valence-electron chi connectivity index (χ3n) is 4.04. The van der Waals surface area contributed by atoms with Crippen LogP contribution in [0.2, 0.25) is 0 Å². The molecular formula is C14H21BrN4O2. The van der Waals surface area contributed by atoms with Crippen LogP contribution in [-0.4, -0.2) is 44.2 Å². The lowest BCUT2D eigenvalue weighted by Crippen LogP contribution is -2.57. The molecule has 1 fully saturated rings.